The van der Waals surface area contributed by atoms with Gasteiger partial charge in [-0.2, -0.15) is 5.21 Å². The van der Waals surface area contributed by atoms with Gasteiger partial charge in [-0.1, -0.05) is 41.0 Å². The quantitative estimate of drug-likeness (QED) is 0.625. The second kappa shape index (κ2) is 8.53. The molecule has 0 fully saturated rings. The predicted octanol–water partition coefficient (Wildman–Crippen LogP) is 3.75. The largest absolute Gasteiger partial charge is 0.490 e. The first-order valence-electron chi connectivity index (χ1n) is 8.27. The van der Waals surface area contributed by atoms with Crippen LogP contribution in [0.2, 0.25) is 5.02 Å². The fourth-order valence-corrected chi connectivity index (χ4v) is 2.65. The van der Waals surface area contributed by atoms with Gasteiger partial charge < -0.3 is 14.8 Å². The summed E-state index contributed by atoms with van der Waals surface area (Å²) in [6.45, 7) is 5.40. The Balaban J connectivity index is 1.76. The second-order valence-electron chi connectivity index (χ2n) is 5.63. The molecule has 7 nitrogen and oxygen atoms in total. The molecule has 0 radical (unpaired) electrons. The van der Waals surface area contributed by atoms with Gasteiger partial charge in [0, 0.05) is 17.6 Å². The van der Waals surface area contributed by atoms with Gasteiger partial charge in [0.2, 0.25) is 0 Å². The van der Waals surface area contributed by atoms with Crippen molar-refractivity contribution in [2.75, 3.05) is 11.9 Å². The number of tetrazole rings is 1. The molecule has 2 aromatic carbocycles. The first kappa shape index (κ1) is 18.0. The van der Waals surface area contributed by atoms with Crippen molar-refractivity contribution in [3.05, 3.63) is 58.1 Å². The maximum atomic E-state index is 6.41. The van der Waals surface area contributed by atoms with Gasteiger partial charge in [-0.25, -0.2) is 0 Å². The van der Waals surface area contributed by atoms with Crippen LogP contribution in [0.4, 0.5) is 5.95 Å². The summed E-state index contributed by atoms with van der Waals surface area (Å²) in [6.07, 6.45) is 0. The smallest absolute Gasteiger partial charge is 0.263 e. The van der Waals surface area contributed by atoms with Crippen LogP contribution in [0, 0.1) is 6.92 Å². The standard InChI is InChI=1S/C18H20ClN5O2/c1-3-25-16-8-14(10-20-18-21-23-24-22-18)15(19)9-17(16)26-11-13-7-5-4-6-12(13)2/h4-9H,3,10-11H2,1-2H3,(H2,20,21,22,23,24). The van der Waals surface area contributed by atoms with Crippen LogP contribution in [0.15, 0.2) is 36.4 Å². The number of anilines is 1. The van der Waals surface area contributed by atoms with Crippen LogP contribution in [-0.4, -0.2) is 27.2 Å². The molecule has 1 aromatic heterocycles. The monoisotopic (exact) mass is 373 g/mol. The molecular weight excluding hydrogens is 354 g/mol. The molecule has 1 heterocycles. The van der Waals surface area contributed by atoms with Gasteiger partial charge in [0.05, 0.1) is 6.61 Å². The molecule has 0 unspecified atom stereocenters. The Morgan fingerprint density at radius 3 is 2.65 bits per heavy atom. The molecule has 0 spiro atoms. The lowest BCUT2D eigenvalue weighted by molar-refractivity contribution is 0.268. The average molecular weight is 374 g/mol. The lowest BCUT2D eigenvalue weighted by Gasteiger charge is -2.15. The Bertz CT molecular complexity index is 855. The fraction of sp³-hybridized carbons (Fsp3) is 0.278. The molecule has 3 aromatic rings. The van der Waals surface area contributed by atoms with Gasteiger partial charge in [0.1, 0.15) is 6.61 Å². The number of halogens is 1. The molecule has 0 saturated heterocycles. The normalized spacial score (nSPS) is 10.6. The highest BCUT2D eigenvalue weighted by Gasteiger charge is 2.12. The summed E-state index contributed by atoms with van der Waals surface area (Å²) in [7, 11) is 0. The lowest BCUT2D eigenvalue weighted by atomic mass is 10.1. The van der Waals surface area contributed by atoms with Gasteiger partial charge in [-0.15, -0.1) is 5.10 Å². The Morgan fingerprint density at radius 1 is 1.12 bits per heavy atom. The Hall–Kier alpha value is -2.80. The van der Waals surface area contributed by atoms with Crippen LogP contribution in [0.1, 0.15) is 23.6 Å². The van der Waals surface area contributed by atoms with Crippen molar-refractivity contribution < 1.29 is 9.47 Å². The molecule has 0 aliphatic carbocycles. The first-order chi connectivity index (χ1) is 12.7. The third-order valence-corrected chi connectivity index (χ3v) is 4.19. The number of aromatic amines is 1. The van der Waals surface area contributed by atoms with E-state index < -0.39 is 0 Å². The molecule has 8 heteroatoms. The van der Waals surface area contributed by atoms with E-state index in [4.69, 9.17) is 21.1 Å². The predicted molar refractivity (Wildman–Crippen MR) is 99.6 cm³/mol. The number of H-pyrrole nitrogens is 1. The van der Waals surface area contributed by atoms with Crippen LogP contribution < -0.4 is 14.8 Å². The summed E-state index contributed by atoms with van der Waals surface area (Å²) in [5, 5.41) is 17.2. The van der Waals surface area contributed by atoms with E-state index in [1.54, 1.807) is 6.07 Å². The van der Waals surface area contributed by atoms with Crippen molar-refractivity contribution in [2.45, 2.75) is 27.0 Å². The van der Waals surface area contributed by atoms with Gasteiger partial charge in [-0.05, 0) is 41.8 Å². The summed E-state index contributed by atoms with van der Waals surface area (Å²) in [6, 6.07) is 11.7. The summed E-state index contributed by atoms with van der Waals surface area (Å²) >= 11 is 6.41. The van der Waals surface area contributed by atoms with Gasteiger partial charge in [0.25, 0.3) is 5.95 Å². The summed E-state index contributed by atoms with van der Waals surface area (Å²) < 4.78 is 11.7. The molecule has 136 valence electrons. The molecular formula is C18H20ClN5O2. The number of ether oxygens (including phenoxy) is 2. The van der Waals surface area contributed by atoms with E-state index >= 15 is 0 Å². The number of nitrogens with one attached hydrogen (secondary N) is 2. The average Bonchev–Trinajstić information content (AvgIpc) is 3.15. The number of aromatic nitrogens is 4. The minimum atomic E-state index is 0.402. The molecule has 0 aliphatic heterocycles. The van der Waals surface area contributed by atoms with E-state index in [-0.39, 0.29) is 0 Å². The molecule has 0 bridgehead atoms. The SMILES string of the molecule is CCOc1cc(CNc2nn[nH]n2)c(Cl)cc1OCc1ccccc1C. The lowest BCUT2D eigenvalue weighted by Crippen LogP contribution is -2.05. The van der Waals surface area contributed by atoms with Crippen LogP contribution in [0.3, 0.4) is 0 Å². The van der Waals surface area contributed by atoms with Crippen LogP contribution in [0.25, 0.3) is 0 Å². The van der Waals surface area contributed by atoms with Crippen molar-refractivity contribution in [3.63, 3.8) is 0 Å². The highest BCUT2D eigenvalue weighted by molar-refractivity contribution is 6.31. The molecule has 0 atom stereocenters. The second-order valence-corrected chi connectivity index (χ2v) is 6.03. The number of aryl methyl sites for hydroxylation is 1. The van der Waals surface area contributed by atoms with Gasteiger partial charge in [0.15, 0.2) is 11.5 Å². The number of rotatable bonds is 8. The summed E-state index contributed by atoms with van der Waals surface area (Å²) in [4.78, 5) is 0. The minimum absolute atomic E-state index is 0.402. The maximum absolute atomic E-state index is 6.41. The number of hydrogen-bond acceptors (Lipinski definition) is 6. The van der Waals surface area contributed by atoms with E-state index in [2.05, 4.69) is 38.9 Å². The summed E-state index contributed by atoms with van der Waals surface area (Å²) in [5.74, 6) is 1.66. The third kappa shape index (κ3) is 4.43. The zero-order valence-corrected chi connectivity index (χ0v) is 15.4. The van der Waals surface area contributed by atoms with E-state index in [1.165, 1.54) is 5.56 Å². The number of nitrogens with zero attached hydrogens (tertiary/aromatic N) is 3. The molecule has 0 amide bonds. The van der Waals surface area contributed by atoms with Crippen LogP contribution in [-0.2, 0) is 13.2 Å². The van der Waals surface area contributed by atoms with Gasteiger partial charge >= 0.3 is 0 Å². The van der Waals surface area contributed by atoms with Crippen molar-refractivity contribution in [1.82, 2.24) is 20.6 Å². The number of benzene rings is 2. The van der Waals surface area contributed by atoms with Crippen LogP contribution >= 0.6 is 11.6 Å². The van der Waals surface area contributed by atoms with E-state index in [9.17, 15) is 0 Å². The van der Waals surface area contributed by atoms with Crippen LogP contribution in [0.5, 0.6) is 11.5 Å². The van der Waals surface area contributed by atoms with Crippen molar-refractivity contribution >= 4 is 17.5 Å². The van der Waals surface area contributed by atoms with E-state index in [0.717, 1.165) is 11.1 Å². The molecule has 0 saturated carbocycles. The van der Waals surface area contributed by atoms with Gasteiger partial charge in [-0.3, -0.25) is 0 Å². The Labute approximate surface area is 156 Å². The Morgan fingerprint density at radius 2 is 1.92 bits per heavy atom. The minimum Gasteiger partial charge on any atom is -0.490 e. The molecule has 2 N–H and O–H groups in total. The van der Waals surface area contributed by atoms with Crippen molar-refractivity contribution in [1.29, 1.82) is 0 Å². The highest BCUT2D eigenvalue weighted by Crippen LogP contribution is 2.34. The molecule has 3 rings (SSSR count). The zero-order valence-electron chi connectivity index (χ0n) is 14.6. The molecule has 26 heavy (non-hydrogen) atoms. The third-order valence-electron chi connectivity index (χ3n) is 3.84. The number of hydrogen-bond donors (Lipinski definition) is 2. The van der Waals surface area contributed by atoms with E-state index in [1.807, 2.05) is 31.2 Å². The fourth-order valence-electron chi connectivity index (χ4n) is 2.43. The summed E-state index contributed by atoms with van der Waals surface area (Å²) in [5.41, 5.74) is 3.15. The maximum Gasteiger partial charge on any atom is 0.263 e. The van der Waals surface area contributed by atoms with E-state index in [0.29, 0.717) is 42.2 Å². The van der Waals surface area contributed by atoms with Crippen molar-refractivity contribution in [2.24, 2.45) is 0 Å². The topological polar surface area (TPSA) is 85.0 Å². The molecule has 0 aliphatic rings. The zero-order chi connectivity index (χ0) is 18.4. The highest BCUT2D eigenvalue weighted by atomic mass is 35.5. The first-order valence-corrected chi connectivity index (χ1v) is 8.65. The van der Waals surface area contributed by atoms with Crippen molar-refractivity contribution in [3.8, 4) is 11.5 Å². The Kier molecular flexibility index (Phi) is 5.91.